The van der Waals surface area contributed by atoms with Gasteiger partial charge in [-0.1, -0.05) is 251 Å². The van der Waals surface area contributed by atoms with Crippen LogP contribution in [0.5, 0.6) is 0 Å². The minimum atomic E-state index is -0.799. The Hall–Kier alpha value is -4.19. The van der Waals surface area contributed by atoms with Crippen molar-refractivity contribution >= 4 is 17.9 Å². The maximum absolute atomic E-state index is 12.9. The van der Waals surface area contributed by atoms with E-state index in [1.165, 1.54) is 103 Å². The van der Waals surface area contributed by atoms with E-state index in [1.54, 1.807) is 0 Å². The van der Waals surface area contributed by atoms with E-state index in [4.69, 9.17) is 14.2 Å². The predicted molar refractivity (Wildman–Crippen MR) is 325 cm³/mol. The average Bonchev–Trinajstić information content (AvgIpc) is 3.41. The van der Waals surface area contributed by atoms with Crippen molar-refractivity contribution < 1.29 is 28.6 Å². The van der Waals surface area contributed by atoms with Gasteiger partial charge in [0.1, 0.15) is 13.2 Å². The quantitative estimate of drug-likeness (QED) is 0.0261. The van der Waals surface area contributed by atoms with Crippen LogP contribution < -0.4 is 0 Å². The molecule has 0 saturated carbocycles. The van der Waals surface area contributed by atoms with E-state index in [-0.39, 0.29) is 31.1 Å². The summed E-state index contributed by atoms with van der Waals surface area (Å²) in [4.78, 5) is 38.2. The first kappa shape index (κ1) is 70.8. The van der Waals surface area contributed by atoms with Crippen LogP contribution in [-0.2, 0) is 28.6 Å². The summed E-state index contributed by atoms with van der Waals surface area (Å²) in [6.07, 6.45) is 86.3. The molecule has 0 aromatic carbocycles. The van der Waals surface area contributed by atoms with E-state index >= 15 is 0 Å². The Kier molecular flexibility index (Phi) is 58.9. The lowest BCUT2D eigenvalue weighted by atomic mass is 10.1. The van der Waals surface area contributed by atoms with Gasteiger partial charge in [-0.15, -0.1) is 0 Å². The van der Waals surface area contributed by atoms with Crippen LogP contribution in [0.15, 0.2) is 122 Å². The zero-order valence-electron chi connectivity index (χ0n) is 48.8. The van der Waals surface area contributed by atoms with Gasteiger partial charge in [-0.05, 0) is 128 Å². The Morgan fingerprint density at radius 3 is 0.840 bits per heavy atom. The normalized spacial score (nSPS) is 12.9. The van der Waals surface area contributed by atoms with E-state index in [1.807, 2.05) is 0 Å². The fourth-order valence-corrected chi connectivity index (χ4v) is 8.34. The molecule has 0 heterocycles. The molecule has 0 spiro atoms. The molecule has 0 rings (SSSR count). The Morgan fingerprint density at radius 1 is 0.280 bits per heavy atom. The predicted octanol–water partition coefficient (Wildman–Crippen LogP) is 21.2. The third-order valence-electron chi connectivity index (χ3n) is 12.9. The number of hydrogen-bond donors (Lipinski definition) is 0. The van der Waals surface area contributed by atoms with Gasteiger partial charge in [0.05, 0.1) is 0 Å². The molecule has 0 radical (unpaired) electrons. The van der Waals surface area contributed by atoms with Crippen molar-refractivity contribution in [3.05, 3.63) is 122 Å². The highest BCUT2D eigenvalue weighted by Gasteiger charge is 2.19. The van der Waals surface area contributed by atoms with Gasteiger partial charge in [0.2, 0.25) is 0 Å². The molecule has 1 atom stereocenters. The fourth-order valence-electron chi connectivity index (χ4n) is 8.34. The van der Waals surface area contributed by atoms with Crippen LogP contribution in [-0.4, -0.2) is 37.2 Å². The summed E-state index contributed by atoms with van der Waals surface area (Å²) in [5, 5.41) is 0. The highest BCUT2D eigenvalue weighted by atomic mass is 16.6. The van der Waals surface area contributed by atoms with E-state index in [2.05, 4.69) is 142 Å². The lowest BCUT2D eigenvalue weighted by molar-refractivity contribution is -0.167. The third-order valence-corrected chi connectivity index (χ3v) is 12.9. The summed E-state index contributed by atoms with van der Waals surface area (Å²) in [7, 11) is 0. The molecule has 0 aromatic heterocycles. The van der Waals surface area contributed by atoms with E-state index < -0.39 is 6.10 Å². The van der Waals surface area contributed by atoms with Crippen molar-refractivity contribution in [2.45, 2.75) is 284 Å². The topological polar surface area (TPSA) is 78.9 Å². The van der Waals surface area contributed by atoms with Crippen LogP contribution in [0, 0.1) is 0 Å². The number of carbonyl (C=O) groups excluding carboxylic acids is 3. The molecule has 75 heavy (non-hydrogen) atoms. The molecule has 0 N–H and O–H groups in total. The zero-order valence-corrected chi connectivity index (χ0v) is 48.8. The van der Waals surface area contributed by atoms with Gasteiger partial charge in [-0.25, -0.2) is 0 Å². The molecule has 0 aliphatic heterocycles. The number of hydrogen-bond acceptors (Lipinski definition) is 6. The molecule has 426 valence electrons. The van der Waals surface area contributed by atoms with Gasteiger partial charge in [0.15, 0.2) is 6.10 Å². The molecule has 6 nitrogen and oxygen atoms in total. The van der Waals surface area contributed by atoms with Crippen LogP contribution in [0.1, 0.15) is 278 Å². The van der Waals surface area contributed by atoms with Crippen LogP contribution >= 0.6 is 0 Å². The Morgan fingerprint density at radius 2 is 0.520 bits per heavy atom. The molecule has 6 heteroatoms. The summed E-state index contributed by atoms with van der Waals surface area (Å²) in [5.74, 6) is -0.936. The summed E-state index contributed by atoms with van der Waals surface area (Å²) in [6, 6.07) is 0. The Balaban J connectivity index is 4.31. The highest BCUT2D eigenvalue weighted by Crippen LogP contribution is 2.15. The van der Waals surface area contributed by atoms with Gasteiger partial charge >= 0.3 is 17.9 Å². The second kappa shape index (κ2) is 62.4. The number of allylic oxidation sites excluding steroid dienone is 20. The third kappa shape index (κ3) is 60.6. The Labute approximate surface area is 462 Å². The number of ether oxygens (including phenoxy) is 3. The van der Waals surface area contributed by atoms with Crippen molar-refractivity contribution in [1.82, 2.24) is 0 Å². The second-order valence-corrected chi connectivity index (χ2v) is 20.2. The first-order valence-electron chi connectivity index (χ1n) is 31.0. The average molecular weight is 1040 g/mol. The Bertz CT molecular complexity index is 1570. The van der Waals surface area contributed by atoms with Gasteiger partial charge in [-0.2, -0.15) is 0 Å². The van der Waals surface area contributed by atoms with Crippen LogP contribution in [0.3, 0.4) is 0 Å². The lowest BCUT2D eigenvalue weighted by Gasteiger charge is -2.18. The van der Waals surface area contributed by atoms with Gasteiger partial charge in [-0.3, -0.25) is 14.4 Å². The molecule has 0 aliphatic rings. The van der Waals surface area contributed by atoms with E-state index in [0.29, 0.717) is 19.3 Å². The van der Waals surface area contributed by atoms with E-state index in [0.717, 1.165) is 135 Å². The van der Waals surface area contributed by atoms with Gasteiger partial charge in [0, 0.05) is 19.3 Å². The smallest absolute Gasteiger partial charge is 0.306 e. The van der Waals surface area contributed by atoms with Gasteiger partial charge in [0.25, 0.3) is 0 Å². The first-order chi connectivity index (χ1) is 37.0. The zero-order chi connectivity index (χ0) is 54.3. The maximum Gasteiger partial charge on any atom is 0.306 e. The summed E-state index contributed by atoms with van der Waals surface area (Å²) in [6.45, 7) is 6.38. The fraction of sp³-hybridized carbons (Fsp3) is 0.667. The molecule has 0 fully saturated rings. The standard InChI is InChI=1S/C69H114O6/c1-4-7-10-13-16-19-22-25-27-28-29-30-31-32-33-34-35-36-37-38-39-40-42-44-47-50-53-56-59-62-68(71)74-65-66(64-73-67(70)61-58-55-52-49-46-43-24-21-18-15-12-9-6-3)75-69(72)63-60-57-54-51-48-45-41-26-23-20-17-14-11-8-5-2/h7,9-10,12,16,18-19,21,25-27,29-30,32-33,35-36,41,43,46,66H,4-6,8,11,13-15,17,20,22-24,28,31,34,37-40,42,44-45,47-65H2,1-3H3/b10-7-,12-9-,19-16-,21-18-,27-25-,30-29-,33-32-,36-35-,41-26-,46-43-. The molecule has 0 amide bonds. The summed E-state index contributed by atoms with van der Waals surface area (Å²) < 4.78 is 16.9. The maximum atomic E-state index is 12.9. The highest BCUT2D eigenvalue weighted by molar-refractivity contribution is 5.71. The largest absolute Gasteiger partial charge is 0.462 e. The van der Waals surface area contributed by atoms with Gasteiger partial charge < -0.3 is 14.2 Å². The molecule has 1 unspecified atom stereocenters. The van der Waals surface area contributed by atoms with Crippen molar-refractivity contribution in [3.63, 3.8) is 0 Å². The van der Waals surface area contributed by atoms with Crippen molar-refractivity contribution in [3.8, 4) is 0 Å². The number of rotatable bonds is 55. The summed E-state index contributed by atoms with van der Waals surface area (Å²) in [5.41, 5.74) is 0. The number of esters is 3. The minimum absolute atomic E-state index is 0.0947. The lowest BCUT2D eigenvalue weighted by Crippen LogP contribution is -2.30. The molecule has 0 aromatic rings. The van der Waals surface area contributed by atoms with Crippen molar-refractivity contribution in [2.75, 3.05) is 13.2 Å². The molecule has 0 bridgehead atoms. The van der Waals surface area contributed by atoms with Crippen LogP contribution in [0.2, 0.25) is 0 Å². The molecular formula is C69H114O6. The van der Waals surface area contributed by atoms with Crippen molar-refractivity contribution in [1.29, 1.82) is 0 Å². The summed E-state index contributed by atoms with van der Waals surface area (Å²) >= 11 is 0. The molecular weight excluding hydrogens is 925 g/mol. The SMILES string of the molecule is CC/C=C\C/C=C\C/C=C\C/C=C\C/C=C\C/C=C\CCCCCCCCCCCCC(=O)OCC(COC(=O)CCCCC/C=C\C/C=C\C/C=C\CC)OC(=O)CCCCCCC/C=C\CCCCCCCC. The monoisotopic (exact) mass is 1040 g/mol. The first-order valence-corrected chi connectivity index (χ1v) is 31.0. The minimum Gasteiger partial charge on any atom is -0.462 e. The van der Waals surface area contributed by atoms with Crippen LogP contribution in [0.25, 0.3) is 0 Å². The second-order valence-electron chi connectivity index (χ2n) is 20.2. The van der Waals surface area contributed by atoms with Crippen molar-refractivity contribution in [2.24, 2.45) is 0 Å². The molecule has 0 aliphatic carbocycles. The number of unbranched alkanes of at least 4 members (excludes halogenated alkanes) is 24. The molecule has 0 saturated heterocycles. The number of carbonyl (C=O) groups is 3. The van der Waals surface area contributed by atoms with Crippen LogP contribution in [0.4, 0.5) is 0 Å². The van der Waals surface area contributed by atoms with E-state index in [9.17, 15) is 14.4 Å².